The van der Waals surface area contributed by atoms with Gasteiger partial charge in [-0.05, 0) is 85.8 Å². The van der Waals surface area contributed by atoms with Gasteiger partial charge in [0.15, 0.2) is 21.8 Å². The molecule has 1 amide bonds. The number of nitrogens with zero attached hydrogens (tertiary/aromatic N) is 3. The Labute approximate surface area is 509 Å². The molecule has 3 N–H and O–H groups in total. The first-order valence-corrected chi connectivity index (χ1v) is 27.8. The zero-order chi connectivity index (χ0) is 57.1. The standard InChI is InChI=1S/C16H11Cl2N3O2S.C10H8Cl2N2OS.C9H7BrCl2O2.C9H8Cl2O2.C7H6Cl2O/c1-23-10-6-11(17)14(12(18)7-10)13-8-24-16(20-13)21-15(22)9-2-4-19-5-3-9;1-15-5-2-6(11)9(7(12)3-5)8-4-16-10(13)14-8;1-14-5-2-6(11)9(7(12)3-5)8(13)4-10;1-5(12)9-7(10)3-6(13-2)4-8(9)11;1-10-7-3-5(8)2-6(9)4-7/h2-8H,1H3,(H,20,21,22);2-4H,1H3,(H2,13,14);2-3H,4H2,1H3;3-4H,1-2H3;2-4H,1H3. The van der Waals surface area contributed by atoms with E-state index >= 15 is 0 Å². The van der Waals surface area contributed by atoms with Gasteiger partial charge in [0.05, 0.1) is 104 Å². The van der Waals surface area contributed by atoms with Gasteiger partial charge in [0.2, 0.25) is 0 Å². The molecule has 8 rings (SSSR count). The van der Waals surface area contributed by atoms with Gasteiger partial charge in [0, 0.05) is 49.9 Å². The summed E-state index contributed by atoms with van der Waals surface area (Å²) in [6.45, 7) is 1.42. The third-order valence-electron chi connectivity index (χ3n) is 9.53. The predicted molar refractivity (Wildman–Crippen MR) is 322 cm³/mol. The van der Waals surface area contributed by atoms with Crippen molar-refractivity contribution in [1.29, 1.82) is 0 Å². The van der Waals surface area contributed by atoms with Crippen molar-refractivity contribution in [3.63, 3.8) is 0 Å². The number of alkyl halides is 1. The predicted octanol–water partition coefficient (Wildman–Crippen LogP) is 18.3. The maximum atomic E-state index is 12.1. The number of carbonyl (C=O) groups is 3. The molecule has 13 nitrogen and oxygen atoms in total. The molecule has 0 saturated carbocycles. The smallest absolute Gasteiger partial charge is 0.257 e. The number of nitrogens with one attached hydrogen (secondary N) is 1. The van der Waals surface area contributed by atoms with Crippen molar-refractivity contribution < 1.29 is 38.1 Å². The van der Waals surface area contributed by atoms with E-state index in [1.54, 1.807) is 111 Å². The molecule has 5 aromatic carbocycles. The Morgan fingerprint density at radius 1 is 0.532 bits per heavy atom. The molecule has 0 atom stereocenters. The lowest BCUT2D eigenvalue weighted by Crippen LogP contribution is -2.11. The number of benzene rings is 5. The molecule has 0 fully saturated rings. The molecule has 8 aromatic rings. The molecule has 0 aliphatic carbocycles. The largest absolute Gasteiger partial charge is 0.497 e. The van der Waals surface area contributed by atoms with Gasteiger partial charge >= 0.3 is 0 Å². The number of ketones is 2. The average molecular weight is 1350 g/mol. The number of thiazole rings is 2. The first-order valence-electron chi connectivity index (χ1n) is 21.2. The quantitative estimate of drug-likeness (QED) is 0.0876. The van der Waals surface area contributed by atoms with Crippen LogP contribution in [0.2, 0.25) is 50.2 Å². The molecule has 0 saturated heterocycles. The average Bonchev–Trinajstić information content (AvgIpc) is 4.03. The van der Waals surface area contributed by atoms with E-state index in [-0.39, 0.29) is 22.8 Å². The normalized spacial score (nSPS) is 10.1. The lowest BCUT2D eigenvalue weighted by molar-refractivity contribution is 0.101. The number of methoxy groups -OCH3 is 5. The van der Waals surface area contributed by atoms with Gasteiger partial charge in [-0.25, -0.2) is 9.97 Å². The van der Waals surface area contributed by atoms with Crippen LogP contribution >= 0.6 is 155 Å². The Morgan fingerprint density at radius 3 is 1.26 bits per heavy atom. The minimum Gasteiger partial charge on any atom is -0.497 e. The highest BCUT2D eigenvalue weighted by Crippen LogP contribution is 2.41. The second-order valence-corrected chi connectivity index (χ2v) is 21.0. The van der Waals surface area contributed by atoms with Crippen molar-refractivity contribution in [3.8, 4) is 51.3 Å². The first-order chi connectivity index (χ1) is 36.6. The van der Waals surface area contributed by atoms with Crippen LogP contribution in [0.15, 0.2) is 102 Å². The maximum absolute atomic E-state index is 12.1. The molecule has 3 aromatic heterocycles. The molecular formula is C51H40BrCl10N5O8S2. The van der Waals surface area contributed by atoms with E-state index in [4.69, 9.17) is 145 Å². The van der Waals surface area contributed by atoms with Crippen LogP contribution in [0.1, 0.15) is 38.0 Å². The van der Waals surface area contributed by atoms with Crippen molar-refractivity contribution in [3.05, 3.63) is 169 Å². The van der Waals surface area contributed by atoms with E-state index in [0.717, 1.165) is 0 Å². The van der Waals surface area contributed by atoms with Crippen molar-refractivity contribution >= 4 is 182 Å². The molecule has 0 spiro atoms. The summed E-state index contributed by atoms with van der Waals surface area (Å²) < 4.78 is 25.0. The second kappa shape index (κ2) is 31.9. The van der Waals surface area contributed by atoms with Crippen LogP contribution in [0, 0.1) is 0 Å². The molecule has 26 heteroatoms. The number of nitrogens with two attached hydrogens (primary N) is 1. The van der Waals surface area contributed by atoms with Crippen molar-refractivity contribution in [2.75, 3.05) is 51.9 Å². The van der Waals surface area contributed by atoms with Gasteiger partial charge < -0.3 is 29.4 Å². The highest BCUT2D eigenvalue weighted by atomic mass is 79.9. The lowest BCUT2D eigenvalue weighted by atomic mass is 10.1. The number of Topliss-reactive ketones (excluding diaryl/α,β-unsaturated/α-hetero) is 2. The van der Waals surface area contributed by atoms with Gasteiger partial charge in [-0.1, -0.05) is 132 Å². The van der Waals surface area contributed by atoms with Crippen LogP contribution in [0.3, 0.4) is 0 Å². The highest BCUT2D eigenvalue weighted by Gasteiger charge is 2.18. The summed E-state index contributed by atoms with van der Waals surface area (Å²) in [5.74, 6) is 2.37. The summed E-state index contributed by atoms with van der Waals surface area (Å²) >= 11 is 65.2. The van der Waals surface area contributed by atoms with Crippen molar-refractivity contribution in [2.45, 2.75) is 6.92 Å². The Kier molecular flexibility index (Phi) is 27.0. The summed E-state index contributed by atoms with van der Waals surface area (Å²) in [7, 11) is 7.69. The molecule has 406 valence electrons. The van der Waals surface area contributed by atoms with E-state index in [2.05, 4.69) is 36.2 Å². The molecule has 77 heavy (non-hydrogen) atoms. The third kappa shape index (κ3) is 19.4. The summed E-state index contributed by atoms with van der Waals surface area (Å²) in [6.07, 6.45) is 3.11. The van der Waals surface area contributed by atoms with E-state index in [1.807, 2.05) is 5.38 Å². The summed E-state index contributed by atoms with van der Waals surface area (Å²) in [4.78, 5) is 47.0. The number of amides is 1. The highest BCUT2D eigenvalue weighted by molar-refractivity contribution is 9.09. The number of halogens is 11. The van der Waals surface area contributed by atoms with Crippen molar-refractivity contribution in [1.82, 2.24) is 15.0 Å². The van der Waals surface area contributed by atoms with Crippen molar-refractivity contribution in [2.24, 2.45) is 0 Å². The van der Waals surface area contributed by atoms with Crippen LogP contribution in [0.4, 0.5) is 10.3 Å². The van der Waals surface area contributed by atoms with E-state index in [0.29, 0.717) is 128 Å². The molecule has 0 radical (unpaired) electrons. The number of ether oxygens (including phenoxy) is 5. The molecular weight excluding hydrogens is 1310 g/mol. The Morgan fingerprint density at radius 2 is 0.896 bits per heavy atom. The van der Waals surface area contributed by atoms with E-state index < -0.39 is 0 Å². The molecule has 0 aliphatic heterocycles. The fourth-order valence-corrected chi connectivity index (χ4v) is 10.8. The zero-order valence-corrected chi connectivity index (χ0v) is 51.5. The first kappa shape index (κ1) is 65.0. The van der Waals surface area contributed by atoms with Crippen LogP contribution in [-0.2, 0) is 0 Å². The number of hydrogen-bond acceptors (Lipinski definition) is 14. The van der Waals surface area contributed by atoms with Gasteiger partial charge in [-0.2, -0.15) is 0 Å². The number of pyridine rings is 1. The number of rotatable bonds is 12. The maximum Gasteiger partial charge on any atom is 0.257 e. The van der Waals surface area contributed by atoms with Crippen LogP contribution in [0.25, 0.3) is 22.5 Å². The van der Waals surface area contributed by atoms with Crippen LogP contribution in [0.5, 0.6) is 28.7 Å². The molecule has 0 bridgehead atoms. The Hall–Kier alpha value is -4.50. The molecule has 3 heterocycles. The molecule has 0 unspecified atom stereocenters. The fourth-order valence-electron chi connectivity index (χ4n) is 6.00. The SMILES string of the molecule is COc1cc(Cl)c(-c2csc(N)n2)c(Cl)c1.COc1cc(Cl)c(-c2csc(NC(=O)c3ccncc3)n2)c(Cl)c1.COc1cc(Cl)c(C(=O)CBr)c(Cl)c1.COc1cc(Cl)c(C(C)=O)c(Cl)c1.COc1cc(Cl)cc(Cl)c1. The van der Waals surface area contributed by atoms with Crippen LogP contribution < -0.4 is 34.7 Å². The van der Waals surface area contributed by atoms with Crippen LogP contribution in [-0.4, -0.2) is 73.3 Å². The number of carbonyl (C=O) groups excluding carboxylic acids is 3. The number of aromatic nitrogens is 3. The third-order valence-corrected chi connectivity index (χ3v) is 14.3. The number of hydrogen-bond donors (Lipinski definition) is 2. The van der Waals surface area contributed by atoms with E-state index in [1.165, 1.54) is 50.9 Å². The fraction of sp³-hybridized carbons (Fsp3) is 0.137. The van der Waals surface area contributed by atoms with Gasteiger partial charge in [-0.15, -0.1) is 22.7 Å². The lowest BCUT2D eigenvalue weighted by Gasteiger charge is -2.07. The Balaban J connectivity index is 0.000000215. The zero-order valence-electron chi connectivity index (χ0n) is 40.7. The monoisotopic (exact) mass is 1340 g/mol. The van der Waals surface area contributed by atoms with Gasteiger partial charge in [0.1, 0.15) is 28.7 Å². The minimum absolute atomic E-state index is 0.150. The van der Waals surface area contributed by atoms with E-state index in [9.17, 15) is 14.4 Å². The number of anilines is 2. The molecule has 0 aliphatic rings. The second-order valence-electron chi connectivity index (χ2n) is 14.6. The number of nitrogen functional groups attached to an aromatic ring is 1. The van der Waals surface area contributed by atoms with Gasteiger partial charge in [-0.3, -0.25) is 24.7 Å². The Bertz CT molecular complexity index is 3230. The topological polar surface area (TPSA) is 174 Å². The summed E-state index contributed by atoms with van der Waals surface area (Å²) in [5, 5.41) is 11.7. The minimum atomic E-state index is -0.259. The summed E-state index contributed by atoms with van der Waals surface area (Å²) in [6, 6.07) is 21.3. The summed E-state index contributed by atoms with van der Waals surface area (Å²) in [5.41, 5.74) is 9.27. The van der Waals surface area contributed by atoms with Gasteiger partial charge in [0.25, 0.3) is 5.91 Å².